The van der Waals surface area contributed by atoms with Crippen LogP contribution in [-0.2, 0) is 6.42 Å². The van der Waals surface area contributed by atoms with Crippen LogP contribution in [0.3, 0.4) is 0 Å². The van der Waals surface area contributed by atoms with Crippen molar-refractivity contribution < 1.29 is 4.74 Å². The predicted octanol–water partition coefficient (Wildman–Crippen LogP) is 4.44. The van der Waals surface area contributed by atoms with Crippen molar-refractivity contribution in [2.24, 2.45) is 11.8 Å². The van der Waals surface area contributed by atoms with E-state index in [4.69, 9.17) is 4.74 Å². The third-order valence-electron chi connectivity index (χ3n) is 3.78. The van der Waals surface area contributed by atoms with Crippen LogP contribution in [0.2, 0.25) is 0 Å². The number of halogens is 1. The molecule has 1 aliphatic rings. The highest BCUT2D eigenvalue weighted by molar-refractivity contribution is 9.09. The Bertz CT molecular complexity index is 364. The molecule has 1 saturated carbocycles. The van der Waals surface area contributed by atoms with Gasteiger partial charge in [-0.05, 0) is 55.2 Å². The molecule has 2 rings (SSSR count). The molecule has 0 heterocycles. The summed E-state index contributed by atoms with van der Waals surface area (Å²) in [6.45, 7) is 2.37. The van der Waals surface area contributed by atoms with Crippen molar-refractivity contribution in [2.75, 3.05) is 7.11 Å². The molecule has 1 nitrogen and oxygen atoms in total. The minimum absolute atomic E-state index is 0.685. The van der Waals surface area contributed by atoms with Crippen LogP contribution in [0.1, 0.15) is 31.7 Å². The normalized spacial score (nSPS) is 29.0. The first-order valence-corrected chi connectivity index (χ1v) is 7.37. The fourth-order valence-electron chi connectivity index (χ4n) is 2.78. The summed E-state index contributed by atoms with van der Waals surface area (Å²) in [5.41, 5.74) is 1.40. The summed E-state index contributed by atoms with van der Waals surface area (Å²) in [5, 5.41) is 0. The summed E-state index contributed by atoms with van der Waals surface area (Å²) in [5.74, 6) is 2.61. The van der Waals surface area contributed by atoms with Crippen molar-refractivity contribution in [3.63, 3.8) is 0 Å². The number of hydrogen-bond acceptors (Lipinski definition) is 1. The van der Waals surface area contributed by atoms with E-state index in [9.17, 15) is 0 Å². The summed E-state index contributed by atoms with van der Waals surface area (Å²) < 4.78 is 5.28. The van der Waals surface area contributed by atoms with Gasteiger partial charge >= 0.3 is 0 Å². The van der Waals surface area contributed by atoms with Crippen LogP contribution < -0.4 is 4.74 Å². The van der Waals surface area contributed by atoms with E-state index in [0.717, 1.165) is 24.0 Å². The van der Waals surface area contributed by atoms with Crippen LogP contribution in [-0.4, -0.2) is 11.9 Å². The smallest absolute Gasteiger partial charge is 0.119 e. The van der Waals surface area contributed by atoms with Crippen LogP contribution in [0.4, 0.5) is 0 Å². The zero-order chi connectivity index (χ0) is 12.3. The van der Waals surface area contributed by atoms with Crippen molar-refractivity contribution in [1.29, 1.82) is 0 Å². The molecule has 0 saturated heterocycles. The third-order valence-corrected chi connectivity index (χ3v) is 4.99. The molecule has 0 N–H and O–H groups in total. The second-order valence-electron chi connectivity index (χ2n) is 5.25. The van der Waals surface area contributed by atoms with Gasteiger partial charge in [-0.25, -0.2) is 0 Å². The Kier molecular flexibility index (Phi) is 4.49. The van der Waals surface area contributed by atoms with Crippen molar-refractivity contribution >= 4 is 15.9 Å². The molecule has 17 heavy (non-hydrogen) atoms. The minimum atomic E-state index is 0.685. The first-order chi connectivity index (χ1) is 8.19. The second-order valence-corrected chi connectivity index (χ2v) is 6.43. The fourth-order valence-corrected chi connectivity index (χ4v) is 3.44. The average molecular weight is 297 g/mol. The van der Waals surface area contributed by atoms with Gasteiger partial charge in [-0.15, -0.1) is 0 Å². The Labute approximate surface area is 113 Å². The maximum absolute atomic E-state index is 5.28. The lowest BCUT2D eigenvalue weighted by Gasteiger charge is -2.31. The Balaban J connectivity index is 2.03. The summed E-state index contributed by atoms with van der Waals surface area (Å²) >= 11 is 3.84. The quantitative estimate of drug-likeness (QED) is 0.750. The average Bonchev–Trinajstić information content (AvgIpc) is 2.34. The number of methoxy groups -OCH3 is 1. The van der Waals surface area contributed by atoms with Gasteiger partial charge in [0.15, 0.2) is 0 Å². The topological polar surface area (TPSA) is 9.23 Å². The third kappa shape index (κ3) is 3.48. The fraction of sp³-hybridized carbons (Fsp3) is 0.600. The Morgan fingerprint density at radius 2 is 2.18 bits per heavy atom. The molecule has 0 bridgehead atoms. The lowest BCUT2D eigenvalue weighted by molar-refractivity contribution is 0.294. The molecular formula is C15H21BrO. The van der Waals surface area contributed by atoms with E-state index in [1.165, 1.54) is 24.8 Å². The number of alkyl halides is 1. The SMILES string of the molecule is COc1cccc(CC2CC(C)CCC2Br)c1. The number of ether oxygens (including phenoxy) is 1. The van der Waals surface area contributed by atoms with E-state index in [2.05, 4.69) is 41.1 Å². The van der Waals surface area contributed by atoms with Gasteiger partial charge in [0, 0.05) is 4.83 Å². The van der Waals surface area contributed by atoms with Crippen LogP contribution >= 0.6 is 15.9 Å². The molecule has 1 fully saturated rings. The number of hydrogen-bond donors (Lipinski definition) is 0. The van der Waals surface area contributed by atoms with Gasteiger partial charge < -0.3 is 4.74 Å². The Hall–Kier alpha value is -0.500. The van der Waals surface area contributed by atoms with E-state index in [0.29, 0.717) is 4.83 Å². The van der Waals surface area contributed by atoms with E-state index < -0.39 is 0 Å². The largest absolute Gasteiger partial charge is 0.497 e. The first kappa shape index (κ1) is 12.9. The maximum atomic E-state index is 5.28. The van der Waals surface area contributed by atoms with Crippen LogP contribution in [0.15, 0.2) is 24.3 Å². The zero-order valence-electron chi connectivity index (χ0n) is 10.7. The Morgan fingerprint density at radius 1 is 1.35 bits per heavy atom. The molecular weight excluding hydrogens is 276 g/mol. The standard InChI is InChI=1S/C15H21BrO/c1-11-6-7-15(16)13(8-11)9-12-4-3-5-14(10-12)17-2/h3-5,10-11,13,15H,6-9H2,1-2H3. The highest BCUT2D eigenvalue weighted by Gasteiger charge is 2.26. The molecule has 1 aliphatic carbocycles. The van der Waals surface area contributed by atoms with Crippen molar-refractivity contribution in [2.45, 2.75) is 37.4 Å². The molecule has 0 aromatic heterocycles. The zero-order valence-corrected chi connectivity index (χ0v) is 12.2. The molecule has 0 aliphatic heterocycles. The van der Waals surface area contributed by atoms with Gasteiger partial charge in [-0.2, -0.15) is 0 Å². The monoisotopic (exact) mass is 296 g/mol. The molecule has 1 aromatic carbocycles. The lowest BCUT2D eigenvalue weighted by atomic mass is 9.79. The molecule has 3 atom stereocenters. The predicted molar refractivity (Wildman–Crippen MR) is 75.9 cm³/mol. The van der Waals surface area contributed by atoms with Crippen LogP contribution in [0.5, 0.6) is 5.75 Å². The van der Waals surface area contributed by atoms with E-state index in [1.807, 2.05) is 6.07 Å². The summed E-state index contributed by atoms with van der Waals surface area (Å²) in [7, 11) is 1.73. The van der Waals surface area contributed by atoms with Crippen molar-refractivity contribution in [3.8, 4) is 5.75 Å². The maximum Gasteiger partial charge on any atom is 0.119 e. The van der Waals surface area contributed by atoms with Gasteiger partial charge in [-0.3, -0.25) is 0 Å². The van der Waals surface area contributed by atoms with E-state index >= 15 is 0 Å². The Morgan fingerprint density at radius 3 is 2.94 bits per heavy atom. The number of rotatable bonds is 3. The van der Waals surface area contributed by atoms with Gasteiger partial charge in [0.05, 0.1) is 7.11 Å². The highest BCUT2D eigenvalue weighted by Crippen LogP contribution is 2.35. The molecule has 3 unspecified atom stereocenters. The first-order valence-electron chi connectivity index (χ1n) is 6.46. The van der Waals surface area contributed by atoms with Crippen LogP contribution in [0.25, 0.3) is 0 Å². The van der Waals surface area contributed by atoms with Gasteiger partial charge in [0.25, 0.3) is 0 Å². The summed E-state index contributed by atoms with van der Waals surface area (Å²) in [6, 6.07) is 8.47. The molecule has 1 aromatic rings. The highest BCUT2D eigenvalue weighted by atomic mass is 79.9. The molecule has 94 valence electrons. The molecule has 0 spiro atoms. The van der Waals surface area contributed by atoms with Crippen molar-refractivity contribution in [1.82, 2.24) is 0 Å². The van der Waals surface area contributed by atoms with Gasteiger partial charge in [-0.1, -0.05) is 35.0 Å². The van der Waals surface area contributed by atoms with Gasteiger partial charge in [0.1, 0.15) is 5.75 Å². The summed E-state index contributed by atoms with van der Waals surface area (Å²) in [6.07, 6.45) is 5.19. The molecule has 0 radical (unpaired) electrons. The molecule has 2 heteroatoms. The molecule has 0 amide bonds. The van der Waals surface area contributed by atoms with Crippen LogP contribution in [0, 0.1) is 11.8 Å². The van der Waals surface area contributed by atoms with E-state index in [-0.39, 0.29) is 0 Å². The lowest BCUT2D eigenvalue weighted by Crippen LogP contribution is -2.25. The van der Waals surface area contributed by atoms with E-state index in [1.54, 1.807) is 7.11 Å². The second kappa shape index (κ2) is 5.90. The summed E-state index contributed by atoms with van der Waals surface area (Å²) in [4.78, 5) is 0.685. The van der Waals surface area contributed by atoms with Gasteiger partial charge in [0.2, 0.25) is 0 Å². The number of benzene rings is 1. The van der Waals surface area contributed by atoms with Crippen molar-refractivity contribution in [3.05, 3.63) is 29.8 Å². The minimum Gasteiger partial charge on any atom is -0.497 e.